The Morgan fingerprint density at radius 2 is 2.32 bits per heavy atom. The van der Waals surface area contributed by atoms with Crippen LogP contribution in [0.5, 0.6) is 0 Å². The zero-order valence-electron chi connectivity index (χ0n) is 11.3. The molecular weight excluding hydrogens is 240 g/mol. The summed E-state index contributed by atoms with van der Waals surface area (Å²) in [5.74, 6) is 0.587. The molecule has 2 aromatic rings. The van der Waals surface area contributed by atoms with Crippen LogP contribution >= 0.6 is 0 Å². The summed E-state index contributed by atoms with van der Waals surface area (Å²) in [5, 5.41) is 0. The normalized spacial score (nSPS) is 20.1. The van der Waals surface area contributed by atoms with Crippen LogP contribution in [-0.4, -0.2) is 31.3 Å². The number of benzene rings is 1. The third-order valence-electron chi connectivity index (χ3n) is 3.63. The average molecular weight is 260 g/mol. The first-order chi connectivity index (χ1) is 9.36. The van der Waals surface area contributed by atoms with Crippen molar-refractivity contribution in [3.8, 4) is 0 Å². The fourth-order valence-electron chi connectivity index (χ4n) is 2.65. The Morgan fingerprint density at radius 1 is 1.42 bits per heavy atom. The molecule has 0 radical (unpaired) electrons. The predicted octanol–water partition coefficient (Wildman–Crippen LogP) is 3.08. The van der Waals surface area contributed by atoms with Gasteiger partial charge in [0.05, 0.1) is 6.61 Å². The number of hydrogen-bond donors (Lipinski definition) is 0. The molecule has 4 nitrogen and oxygen atoms in total. The molecule has 0 saturated carbocycles. The highest BCUT2D eigenvalue weighted by atomic mass is 16.5. The fraction of sp³-hybridized carbons (Fsp3) is 0.533. The van der Waals surface area contributed by atoms with Gasteiger partial charge < -0.3 is 14.1 Å². The molecule has 1 saturated heterocycles. The lowest BCUT2D eigenvalue weighted by Crippen LogP contribution is -2.37. The monoisotopic (exact) mass is 260 g/mol. The molecule has 1 aliphatic rings. The van der Waals surface area contributed by atoms with Crippen LogP contribution in [0.2, 0.25) is 0 Å². The molecule has 0 N–H and O–H groups in total. The Bertz CT molecular complexity index is 505. The van der Waals surface area contributed by atoms with Crippen molar-refractivity contribution in [3.63, 3.8) is 0 Å². The first kappa shape index (κ1) is 12.5. The van der Waals surface area contributed by atoms with Crippen molar-refractivity contribution in [2.45, 2.75) is 19.8 Å². The number of rotatable bonds is 4. The molecule has 0 aliphatic carbocycles. The second-order valence-electron chi connectivity index (χ2n) is 5.08. The molecule has 1 atom stereocenters. The van der Waals surface area contributed by atoms with E-state index in [9.17, 15) is 0 Å². The summed E-state index contributed by atoms with van der Waals surface area (Å²) >= 11 is 0. The summed E-state index contributed by atoms with van der Waals surface area (Å²) in [6.07, 6.45) is 2.41. The quantitative estimate of drug-likeness (QED) is 0.846. The van der Waals surface area contributed by atoms with Crippen molar-refractivity contribution in [2.24, 2.45) is 5.92 Å². The fourth-order valence-corrected chi connectivity index (χ4v) is 2.65. The van der Waals surface area contributed by atoms with E-state index in [2.05, 4.69) is 9.88 Å². The molecule has 4 heteroatoms. The van der Waals surface area contributed by atoms with E-state index in [0.717, 1.165) is 43.4 Å². The van der Waals surface area contributed by atoms with Gasteiger partial charge in [0.25, 0.3) is 6.01 Å². The number of ether oxygens (including phenoxy) is 1. The Labute approximate surface area is 113 Å². The van der Waals surface area contributed by atoms with E-state index in [1.54, 1.807) is 0 Å². The van der Waals surface area contributed by atoms with Gasteiger partial charge in [0.2, 0.25) is 0 Å². The number of anilines is 1. The smallest absolute Gasteiger partial charge is 0.298 e. The van der Waals surface area contributed by atoms with E-state index in [1.807, 2.05) is 31.2 Å². The highest BCUT2D eigenvalue weighted by molar-refractivity contribution is 5.74. The number of nitrogens with zero attached hydrogens (tertiary/aromatic N) is 2. The van der Waals surface area contributed by atoms with Crippen LogP contribution in [-0.2, 0) is 4.74 Å². The molecule has 1 fully saturated rings. The minimum absolute atomic E-state index is 0.587. The molecule has 0 spiro atoms. The van der Waals surface area contributed by atoms with E-state index in [1.165, 1.54) is 12.8 Å². The second-order valence-corrected chi connectivity index (χ2v) is 5.08. The average Bonchev–Trinajstić information content (AvgIpc) is 2.89. The van der Waals surface area contributed by atoms with Gasteiger partial charge in [-0.3, -0.25) is 0 Å². The van der Waals surface area contributed by atoms with Crippen molar-refractivity contribution in [3.05, 3.63) is 24.3 Å². The summed E-state index contributed by atoms with van der Waals surface area (Å²) in [4.78, 5) is 6.81. The number of piperidine rings is 1. The number of aromatic nitrogens is 1. The zero-order chi connectivity index (χ0) is 13.1. The third-order valence-corrected chi connectivity index (χ3v) is 3.63. The molecule has 102 valence electrons. The van der Waals surface area contributed by atoms with Crippen LogP contribution in [0, 0.1) is 5.92 Å². The minimum atomic E-state index is 0.587. The van der Waals surface area contributed by atoms with Crippen LogP contribution in [0.25, 0.3) is 11.1 Å². The van der Waals surface area contributed by atoms with Crippen LogP contribution in [0.4, 0.5) is 6.01 Å². The Hall–Kier alpha value is -1.55. The Balaban J connectivity index is 1.73. The van der Waals surface area contributed by atoms with Gasteiger partial charge in [-0.15, -0.1) is 0 Å². The van der Waals surface area contributed by atoms with Gasteiger partial charge in [-0.1, -0.05) is 12.1 Å². The van der Waals surface area contributed by atoms with Crippen LogP contribution in [0.3, 0.4) is 0 Å². The molecule has 3 rings (SSSR count). The van der Waals surface area contributed by atoms with Crippen LogP contribution < -0.4 is 4.90 Å². The molecule has 1 aromatic heterocycles. The molecule has 1 unspecified atom stereocenters. The molecule has 1 aliphatic heterocycles. The highest BCUT2D eigenvalue weighted by Crippen LogP contribution is 2.26. The number of para-hydroxylation sites is 2. The van der Waals surface area contributed by atoms with Gasteiger partial charge in [-0.05, 0) is 31.9 Å². The van der Waals surface area contributed by atoms with Crippen molar-refractivity contribution in [1.82, 2.24) is 4.98 Å². The summed E-state index contributed by atoms with van der Waals surface area (Å²) < 4.78 is 11.4. The maximum absolute atomic E-state index is 5.83. The second kappa shape index (κ2) is 5.61. The van der Waals surface area contributed by atoms with E-state index in [0.29, 0.717) is 5.92 Å². The van der Waals surface area contributed by atoms with Gasteiger partial charge in [0.1, 0.15) is 5.52 Å². The van der Waals surface area contributed by atoms with E-state index >= 15 is 0 Å². The Kier molecular flexibility index (Phi) is 3.69. The lowest BCUT2D eigenvalue weighted by atomic mass is 9.99. The van der Waals surface area contributed by atoms with E-state index in [-0.39, 0.29) is 0 Å². The molecule has 0 amide bonds. The first-order valence-electron chi connectivity index (χ1n) is 7.05. The molecule has 1 aromatic carbocycles. The number of hydrogen-bond acceptors (Lipinski definition) is 4. The zero-order valence-corrected chi connectivity index (χ0v) is 11.3. The molecule has 0 bridgehead atoms. The summed E-state index contributed by atoms with van der Waals surface area (Å²) in [6, 6.07) is 8.67. The predicted molar refractivity (Wildman–Crippen MR) is 75.4 cm³/mol. The summed E-state index contributed by atoms with van der Waals surface area (Å²) in [7, 11) is 0. The Morgan fingerprint density at radius 3 is 3.16 bits per heavy atom. The number of fused-ring (bicyclic) bond motifs is 1. The molecule has 19 heavy (non-hydrogen) atoms. The maximum atomic E-state index is 5.83. The van der Waals surface area contributed by atoms with E-state index < -0.39 is 0 Å². The lowest BCUT2D eigenvalue weighted by molar-refractivity contribution is 0.103. The van der Waals surface area contributed by atoms with Gasteiger partial charge in [-0.2, -0.15) is 4.98 Å². The highest BCUT2D eigenvalue weighted by Gasteiger charge is 2.23. The van der Waals surface area contributed by atoms with Gasteiger partial charge in [0, 0.05) is 25.6 Å². The lowest BCUT2D eigenvalue weighted by Gasteiger charge is -2.31. The van der Waals surface area contributed by atoms with Gasteiger partial charge in [-0.25, -0.2) is 0 Å². The van der Waals surface area contributed by atoms with Crippen molar-refractivity contribution in [1.29, 1.82) is 0 Å². The molecule has 2 heterocycles. The minimum Gasteiger partial charge on any atom is -0.423 e. The number of oxazole rings is 1. The van der Waals surface area contributed by atoms with E-state index in [4.69, 9.17) is 9.15 Å². The SMILES string of the molecule is CCOCC1CCCN(c2nc3ccccc3o2)C1. The summed E-state index contributed by atoms with van der Waals surface area (Å²) in [6.45, 7) is 5.68. The largest absolute Gasteiger partial charge is 0.423 e. The first-order valence-corrected chi connectivity index (χ1v) is 7.05. The van der Waals surface area contributed by atoms with Gasteiger partial charge in [0.15, 0.2) is 5.58 Å². The molecular formula is C15H20N2O2. The summed E-state index contributed by atoms with van der Waals surface area (Å²) in [5.41, 5.74) is 1.80. The van der Waals surface area contributed by atoms with Crippen LogP contribution in [0.15, 0.2) is 28.7 Å². The van der Waals surface area contributed by atoms with Crippen molar-refractivity contribution in [2.75, 3.05) is 31.2 Å². The standard InChI is InChI=1S/C15H20N2O2/c1-2-18-11-12-6-5-9-17(10-12)15-16-13-7-3-4-8-14(13)19-15/h3-4,7-8,12H,2,5-6,9-11H2,1H3. The maximum Gasteiger partial charge on any atom is 0.298 e. The topological polar surface area (TPSA) is 38.5 Å². The van der Waals surface area contributed by atoms with Crippen molar-refractivity contribution >= 4 is 17.1 Å². The third kappa shape index (κ3) is 2.73. The van der Waals surface area contributed by atoms with Crippen molar-refractivity contribution < 1.29 is 9.15 Å². The van der Waals surface area contributed by atoms with Crippen LogP contribution in [0.1, 0.15) is 19.8 Å². The van der Waals surface area contributed by atoms with Gasteiger partial charge >= 0.3 is 0 Å².